The number of halogens is 1. The minimum absolute atomic E-state index is 0.449. The van der Waals surface area contributed by atoms with Gasteiger partial charge in [0.15, 0.2) is 5.76 Å². The average molecular weight is 423 g/mol. The van der Waals surface area contributed by atoms with Gasteiger partial charge in [0.1, 0.15) is 28.3 Å². The van der Waals surface area contributed by atoms with Crippen LogP contribution in [0.1, 0.15) is 10.8 Å². The Kier molecular flexibility index (Phi) is 4.57. The summed E-state index contributed by atoms with van der Waals surface area (Å²) >= 11 is 4.81. The van der Waals surface area contributed by atoms with E-state index in [0.29, 0.717) is 27.8 Å². The number of aromatic nitrogens is 1. The van der Waals surface area contributed by atoms with Crippen molar-refractivity contribution in [2.24, 2.45) is 0 Å². The number of furan rings is 2. The van der Waals surface area contributed by atoms with Crippen molar-refractivity contribution in [3.8, 4) is 28.8 Å². The Hall–Kier alpha value is -2.88. The highest BCUT2D eigenvalue weighted by Crippen LogP contribution is 2.29. The van der Waals surface area contributed by atoms with Crippen molar-refractivity contribution in [3.63, 3.8) is 0 Å². The first kappa shape index (κ1) is 16.6. The highest BCUT2D eigenvalue weighted by atomic mass is 79.9. The summed E-state index contributed by atoms with van der Waals surface area (Å²) in [5.41, 5.74) is 2.14. The van der Waals surface area contributed by atoms with Crippen molar-refractivity contribution in [1.82, 2.24) is 4.98 Å². The van der Waals surface area contributed by atoms with Crippen LogP contribution in [0.15, 0.2) is 73.5 Å². The van der Waals surface area contributed by atoms with Crippen molar-refractivity contribution >= 4 is 38.9 Å². The van der Waals surface area contributed by atoms with Crippen LogP contribution in [0.25, 0.3) is 34.4 Å². The number of allylic oxidation sites excluding steroid dienone is 1. The monoisotopic (exact) mass is 422 g/mol. The highest BCUT2D eigenvalue weighted by molar-refractivity contribution is 9.10. The van der Waals surface area contributed by atoms with Gasteiger partial charge in [-0.3, -0.25) is 0 Å². The van der Waals surface area contributed by atoms with Crippen LogP contribution in [0.2, 0.25) is 0 Å². The zero-order valence-electron chi connectivity index (χ0n) is 13.3. The first-order valence-corrected chi connectivity index (χ1v) is 9.37. The normalized spacial score (nSPS) is 11.5. The maximum absolute atomic E-state index is 9.51. The molecule has 0 aliphatic heterocycles. The van der Waals surface area contributed by atoms with E-state index in [2.05, 4.69) is 27.0 Å². The van der Waals surface area contributed by atoms with Gasteiger partial charge in [0.2, 0.25) is 0 Å². The van der Waals surface area contributed by atoms with E-state index >= 15 is 0 Å². The lowest BCUT2D eigenvalue weighted by molar-refractivity contribution is 0.572. The molecule has 3 heterocycles. The smallest absolute Gasteiger partial charge is 0.153 e. The fourth-order valence-electron chi connectivity index (χ4n) is 2.42. The number of hydrogen-bond donors (Lipinski definition) is 0. The van der Waals surface area contributed by atoms with E-state index in [9.17, 15) is 5.26 Å². The molecule has 0 amide bonds. The fraction of sp³-hybridized carbons (Fsp3) is 0. The summed E-state index contributed by atoms with van der Waals surface area (Å²) in [6, 6.07) is 17.4. The maximum atomic E-state index is 9.51. The van der Waals surface area contributed by atoms with Crippen molar-refractivity contribution in [2.75, 3.05) is 0 Å². The second-order valence-electron chi connectivity index (χ2n) is 5.39. The molecular weight excluding hydrogens is 412 g/mol. The molecule has 0 saturated carbocycles. The van der Waals surface area contributed by atoms with E-state index in [0.717, 1.165) is 15.8 Å². The van der Waals surface area contributed by atoms with Crippen molar-refractivity contribution in [1.29, 1.82) is 5.26 Å². The molecule has 0 aliphatic rings. The average Bonchev–Trinajstić information content (AvgIpc) is 3.40. The SMILES string of the molecule is N#C/C(=C\c1ccc(-c2ccc(Br)cc2)o1)c1nc(-c2ccco2)cs1. The second-order valence-corrected chi connectivity index (χ2v) is 7.17. The third-order valence-corrected chi connectivity index (χ3v) is 5.08. The summed E-state index contributed by atoms with van der Waals surface area (Å²) in [6.45, 7) is 0. The minimum Gasteiger partial charge on any atom is -0.463 e. The number of rotatable bonds is 4. The largest absolute Gasteiger partial charge is 0.463 e. The number of nitriles is 1. The van der Waals surface area contributed by atoms with Crippen molar-refractivity contribution < 1.29 is 8.83 Å². The lowest BCUT2D eigenvalue weighted by atomic mass is 10.2. The number of benzene rings is 1. The molecule has 0 saturated heterocycles. The van der Waals surface area contributed by atoms with E-state index in [-0.39, 0.29) is 0 Å². The standard InChI is InChI=1S/C20H11BrN2O2S/c21-15-5-3-13(4-6-15)18-8-7-16(25-18)10-14(11-22)20-23-17(12-26-20)19-2-1-9-24-19/h1-10,12H/b14-10+. The van der Waals surface area contributed by atoms with Gasteiger partial charge in [-0.05, 0) is 36.4 Å². The lowest BCUT2D eigenvalue weighted by Gasteiger charge is -1.97. The highest BCUT2D eigenvalue weighted by Gasteiger charge is 2.12. The molecule has 1 aromatic carbocycles. The van der Waals surface area contributed by atoms with E-state index in [4.69, 9.17) is 8.83 Å². The van der Waals surface area contributed by atoms with Gasteiger partial charge in [0, 0.05) is 21.5 Å². The molecule has 6 heteroatoms. The van der Waals surface area contributed by atoms with Crippen LogP contribution in [0, 0.1) is 11.3 Å². The van der Waals surface area contributed by atoms with Crippen LogP contribution >= 0.6 is 27.3 Å². The molecule has 0 bridgehead atoms. The van der Waals surface area contributed by atoms with Gasteiger partial charge in [-0.2, -0.15) is 5.26 Å². The van der Waals surface area contributed by atoms with Crippen molar-refractivity contribution in [2.45, 2.75) is 0 Å². The van der Waals surface area contributed by atoms with Gasteiger partial charge in [-0.25, -0.2) is 4.98 Å². The maximum Gasteiger partial charge on any atom is 0.153 e. The van der Waals surface area contributed by atoms with Gasteiger partial charge in [-0.1, -0.05) is 28.1 Å². The zero-order valence-corrected chi connectivity index (χ0v) is 15.8. The quantitative estimate of drug-likeness (QED) is 0.352. The summed E-state index contributed by atoms with van der Waals surface area (Å²) < 4.78 is 12.2. The summed E-state index contributed by atoms with van der Waals surface area (Å²) in [7, 11) is 0. The van der Waals surface area contributed by atoms with Crippen LogP contribution in [0.3, 0.4) is 0 Å². The first-order valence-electron chi connectivity index (χ1n) is 7.70. The van der Waals surface area contributed by atoms with Gasteiger partial charge >= 0.3 is 0 Å². The Morgan fingerprint density at radius 3 is 2.69 bits per heavy atom. The molecule has 126 valence electrons. The van der Waals surface area contributed by atoms with Crippen LogP contribution in [-0.4, -0.2) is 4.98 Å². The summed E-state index contributed by atoms with van der Waals surface area (Å²) in [6.07, 6.45) is 3.30. The number of thiazole rings is 1. The summed E-state index contributed by atoms with van der Waals surface area (Å²) in [5.74, 6) is 2.03. The lowest BCUT2D eigenvalue weighted by Crippen LogP contribution is -1.81. The molecule has 0 unspecified atom stereocenters. The van der Waals surface area contributed by atoms with Crippen molar-refractivity contribution in [3.05, 3.63) is 75.4 Å². The molecular formula is C20H11BrN2O2S. The first-order chi connectivity index (χ1) is 12.7. The molecule has 0 spiro atoms. The molecule has 0 fully saturated rings. The Labute approximate surface area is 162 Å². The van der Waals surface area contributed by atoms with Gasteiger partial charge in [0.25, 0.3) is 0 Å². The van der Waals surface area contributed by atoms with E-state index in [1.807, 2.05) is 53.9 Å². The van der Waals surface area contributed by atoms with Gasteiger partial charge in [-0.15, -0.1) is 11.3 Å². The molecule has 4 rings (SSSR count). The molecule has 26 heavy (non-hydrogen) atoms. The third kappa shape index (κ3) is 3.40. The van der Waals surface area contributed by atoms with Crippen LogP contribution in [-0.2, 0) is 0 Å². The Balaban J connectivity index is 1.62. The third-order valence-electron chi connectivity index (χ3n) is 3.67. The van der Waals surface area contributed by atoms with E-state index in [1.54, 1.807) is 12.3 Å². The van der Waals surface area contributed by atoms with E-state index < -0.39 is 0 Å². The molecule has 0 radical (unpaired) electrons. The summed E-state index contributed by atoms with van der Waals surface area (Å²) in [5, 5.41) is 12.0. The molecule has 3 aromatic heterocycles. The number of nitrogens with zero attached hydrogens (tertiary/aromatic N) is 2. The fourth-order valence-corrected chi connectivity index (χ4v) is 3.46. The molecule has 0 atom stereocenters. The Morgan fingerprint density at radius 2 is 1.96 bits per heavy atom. The molecule has 4 aromatic rings. The summed E-state index contributed by atoms with van der Waals surface area (Å²) in [4.78, 5) is 4.48. The molecule has 0 aliphatic carbocycles. The molecule has 0 N–H and O–H groups in total. The predicted molar refractivity (Wildman–Crippen MR) is 105 cm³/mol. The zero-order chi connectivity index (χ0) is 17.9. The second kappa shape index (κ2) is 7.16. The predicted octanol–water partition coefficient (Wildman–Crippen LogP) is 6.49. The van der Waals surface area contributed by atoms with Crippen LogP contribution in [0.4, 0.5) is 0 Å². The topological polar surface area (TPSA) is 63.0 Å². The molecule has 4 nitrogen and oxygen atoms in total. The van der Waals surface area contributed by atoms with Gasteiger partial charge < -0.3 is 8.83 Å². The Bertz CT molecular complexity index is 1100. The Morgan fingerprint density at radius 1 is 1.12 bits per heavy atom. The van der Waals surface area contributed by atoms with Gasteiger partial charge in [0.05, 0.1) is 11.8 Å². The van der Waals surface area contributed by atoms with Crippen LogP contribution < -0.4 is 0 Å². The minimum atomic E-state index is 0.449. The number of hydrogen-bond acceptors (Lipinski definition) is 5. The van der Waals surface area contributed by atoms with E-state index in [1.165, 1.54) is 11.3 Å². The van der Waals surface area contributed by atoms with Crippen LogP contribution in [0.5, 0.6) is 0 Å².